The molecule has 1 aliphatic heterocycles. The van der Waals surface area contributed by atoms with Crippen LogP contribution in [0.15, 0.2) is 11.6 Å². The van der Waals surface area contributed by atoms with E-state index in [2.05, 4.69) is 19.9 Å². The number of rotatable bonds is 9. The molecule has 5 nitrogen and oxygen atoms in total. The SMILES string of the molecule is CCC(O)CSCC1(O)CCC(O)C(OC)C1C1(C)OC1CC=C(C)C. The molecule has 0 aromatic rings. The van der Waals surface area contributed by atoms with Crippen molar-refractivity contribution in [3.05, 3.63) is 11.6 Å². The first-order chi connectivity index (χ1) is 12.2. The van der Waals surface area contributed by atoms with Crippen LogP contribution in [0, 0.1) is 5.92 Å². The van der Waals surface area contributed by atoms with Gasteiger partial charge in [0.1, 0.15) is 5.60 Å². The van der Waals surface area contributed by atoms with E-state index in [1.165, 1.54) is 5.57 Å². The van der Waals surface area contributed by atoms with Crippen LogP contribution < -0.4 is 0 Å². The van der Waals surface area contributed by atoms with Gasteiger partial charge in [0, 0.05) is 24.5 Å². The summed E-state index contributed by atoms with van der Waals surface area (Å²) >= 11 is 1.57. The Morgan fingerprint density at radius 3 is 2.69 bits per heavy atom. The second-order valence-electron chi connectivity index (χ2n) is 8.27. The van der Waals surface area contributed by atoms with Crippen LogP contribution in [0.4, 0.5) is 0 Å². The largest absolute Gasteiger partial charge is 0.392 e. The van der Waals surface area contributed by atoms with Crippen molar-refractivity contribution < 1.29 is 24.8 Å². The Labute approximate surface area is 162 Å². The molecule has 0 bridgehead atoms. The monoisotopic (exact) mass is 388 g/mol. The van der Waals surface area contributed by atoms with Crippen LogP contribution in [-0.2, 0) is 9.47 Å². The molecular weight excluding hydrogens is 352 g/mol. The van der Waals surface area contributed by atoms with Crippen molar-refractivity contribution in [1.82, 2.24) is 0 Å². The summed E-state index contributed by atoms with van der Waals surface area (Å²) in [6.45, 7) is 8.11. The highest BCUT2D eigenvalue weighted by Crippen LogP contribution is 2.54. The van der Waals surface area contributed by atoms with Crippen molar-refractivity contribution in [2.45, 2.75) is 89.0 Å². The Balaban J connectivity index is 2.16. The van der Waals surface area contributed by atoms with E-state index in [1.807, 2.05) is 13.8 Å². The molecule has 1 saturated carbocycles. The number of aliphatic hydroxyl groups is 3. The zero-order valence-electron chi connectivity index (χ0n) is 16.8. The molecule has 7 atom stereocenters. The van der Waals surface area contributed by atoms with Crippen molar-refractivity contribution in [1.29, 1.82) is 0 Å². The number of aliphatic hydroxyl groups excluding tert-OH is 2. The lowest BCUT2D eigenvalue weighted by Crippen LogP contribution is -2.60. The molecule has 2 aliphatic rings. The number of ether oxygens (including phenoxy) is 2. The summed E-state index contributed by atoms with van der Waals surface area (Å²) in [6.07, 6.45) is 3.32. The second-order valence-corrected chi connectivity index (χ2v) is 9.30. The summed E-state index contributed by atoms with van der Waals surface area (Å²) < 4.78 is 11.7. The molecule has 6 heteroatoms. The van der Waals surface area contributed by atoms with E-state index in [0.717, 1.165) is 6.42 Å². The molecule has 2 rings (SSSR count). The third-order valence-corrected chi connectivity index (χ3v) is 7.23. The van der Waals surface area contributed by atoms with Crippen molar-refractivity contribution >= 4 is 11.8 Å². The summed E-state index contributed by atoms with van der Waals surface area (Å²) in [5, 5.41) is 31.8. The first-order valence-corrected chi connectivity index (χ1v) is 10.8. The van der Waals surface area contributed by atoms with Crippen LogP contribution in [0.3, 0.4) is 0 Å². The number of thioether (sulfide) groups is 1. The lowest BCUT2D eigenvalue weighted by molar-refractivity contribution is -0.169. The minimum Gasteiger partial charge on any atom is -0.392 e. The Bertz CT molecular complexity index is 495. The van der Waals surface area contributed by atoms with Crippen LogP contribution in [-0.4, -0.2) is 69.6 Å². The lowest BCUT2D eigenvalue weighted by atomic mass is 9.66. The average Bonchev–Trinajstić information content (AvgIpc) is 3.25. The van der Waals surface area contributed by atoms with E-state index < -0.39 is 23.4 Å². The Morgan fingerprint density at radius 2 is 2.12 bits per heavy atom. The molecular formula is C20H36O5S. The van der Waals surface area contributed by atoms with E-state index in [-0.39, 0.29) is 18.1 Å². The van der Waals surface area contributed by atoms with Gasteiger partial charge < -0.3 is 24.8 Å². The van der Waals surface area contributed by atoms with E-state index >= 15 is 0 Å². The minimum absolute atomic E-state index is 0.0307. The van der Waals surface area contributed by atoms with Gasteiger partial charge in [-0.3, -0.25) is 0 Å². The summed E-state index contributed by atoms with van der Waals surface area (Å²) in [4.78, 5) is 0. The summed E-state index contributed by atoms with van der Waals surface area (Å²) in [5.41, 5.74) is -0.242. The highest BCUT2D eigenvalue weighted by molar-refractivity contribution is 7.99. The molecule has 0 radical (unpaired) electrons. The molecule has 7 unspecified atom stereocenters. The summed E-state index contributed by atoms with van der Waals surface area (Å²) in [7, 11) is 1.59. The van der Waals surface area contributed by atoms with Crippen LogP contribution in [0.5, 0.6) is 0 Å². The molecule has 1 saturated heterocycles. The topological polar surface area (TPSA) is 82.5 Å². The summed E-state index contributed by atoms with van der Waals surface area (Å²) in [6, 6.07) is 0. The van der Waals surface area contributed by atoms with Crippen LogP contribution >= 0.6 is 11.8 Å². The number of hydrogen-bond donors (Lipinski definition) is 3. The van der Waals surface area contributed by atoms with E-state index in [9.17, 15) is 15.3 Å². The molecule has 152 valence electrons. The molecule has 0 amide bonds. The van der Waals surface area contributed by atoms with Crippen molar-refractivity contribution in [2.24, 2.45) is 5.92 Å². The molecule has 26 heavy (non-hydrogen) atoms. The zero-order chi connectivity index (χ0) is 19.5. The quantitative estimate of drug-likeness (QED) is 0.416. The standard InChI is InChI=1S/C20H36O5S/c1-6-14(21)11-26-12-20(23)10-9-15(22)17(24-5)18(20)19(4)16(25-19)8-7-13(2)3/h7,14-18,21-23H,6,8-12H2,1-5H3. The molecule has 0 aromatic carbocycles. The highest BCUT2D eigenvalue weighted by Gasteiger charge is 2.66. The van der Waals surface area contributed by atoms with Gasteiger partial charge in [0.25, 0.3) is 0 Å². The van der Waals surface area contributed by atoms with Gasteiger partial charge in [-0.05, 0) is 46.5 Å². The Hall–Kier alpha value is -0.110. The molecule has 3 N–H and O–H groups in total. The van der Waals surface area contributed by atoms with Gasteiger partial charge in [-0.25, -0.2) is 0 Å². The zero-order valence-corrected chi connectivity index (χ0v) is 17.6. The normalized spacial score (nSPS) is 40.9. The number of allylic oxidation sites excluding steroid dienone is 1. The fraction of sp³-hybridized carbons (Fsp3) is 0.900. The highest BCUT2D eigenvalue weighted by atomic mass is 32.2. The maximum absolute atomic E-state index is 11.5. The number of methoxy groups -OCH3 is 1. The number of epoxide rings is 1. The summed E-state index contributed by atoms with van der Waals surface area (Å²) in [5.74, 6) is 0.811. The van der Waals surface area contributed by atoms with Crippen molar-refractivity contribution in [2.75, 3.05) is 18.6 Å². The van der Waals surface area contributed by atoms with Gasteiger partial charge in [0.15, 0.2) is 0 Å². The molecule has 0 aromatic heterocycles. The van der Waals surface area contributed by atoms with Gasteiger partial charge in [-0.2, -0.15) is 11.8 Å². The van der Waals surface area contributed by atoms with Crippen LogP contribution in [0.1, 0.15) is 53.4 Å². The molecule has 2 fully saturated rings. The van der Waals surface area contributed by atoms with Gasteiger partial charge in [0.2, 0.25) is 0 Å². The third kappa shape index (κ3) is 4.83. The Morgan fingerprint density at radius 1 is 1.42 bits per heavy atom. The van der Waals surface area contributed by atoms with Gasteiger partial charge >= 0.3 is 0 Å². The first kappa shape index (κ1) is 22.2. The van der Waals surface area contributed by atoms with Gasteiger partial charge in [-0.15, -0.1) is 0 Å². The maximum Gasteiger partial charge on any atom is 0.100 e. The average molecular weight is 389 g/mol. The maximum atomic E-state index is 11.5. The molecule has 0 spiro atoms. The van der Waals surface area contributed by atoms with Crippen molar-refractivity contribution in [3.63, 3.8) is 0 Å². The van der Waals surface area contributed by atoms with Crippen LogP contribution in [0.2, 0.25) is 0 Å². The van der Waals surface area contributed by atoms with E-state index in [4.69, 9.17) is 9.47 Å². The minimum atomic E-state index is -0.980. The first-order valence-electron chi connectivity index (χ1n) is 9.68. The fourth-order valence-corrected chi connectivity index (χ4v) is 5.52. The fourth-order valence-electron chi connectivity index (χ4n) is 4.22. The number of hydrogen-bond acceptors (Lipinski definition) is 6. The Kier molecular flexibility index (Phi) is 7.62. The third-order valence-electron chi connectivity index (χ3n) is 5.90. The lowest BCUT2D eigenvalue weighted by Gasteiger charge is -2.48. The van der Waals surface area contributed by atoms with Gasteiger partial charge in [0.05, 0.1) is 30.0 Å². The smallest absolute Gasteiger partial charge is 0.100 e. The van der Waals surface area contributed by atoms with Crippen molar-refractivity contribution in [3.8, 4) is 0 Å². The predicted octanol–water partition coefficient (Wildman–Crippen LogP) is 2.52. The van der Waals surface area contributed by atoms with Gasteiger partial charge in [-0.1, -0.05) is 18.6 Å². The molecule has 1 aliphatic carbocycles. The van der Waals surface area contributed by atoms with E-state index in [0.29, 0.717) is 30.8 Å². The molecule has 1 heterocycles. The van der Waals surface area contributed by atoms with Crippen LogP contribution in [0.25, 0.3) is 0 Å². The second kappa shape index (κ2) is 8.93. The van der Waals surface area contributed by atoms with E-state index in [1.54, 1.807) is 18.9 Å². The predicted molar refractivity (Wildman–Crippen MR) is 105 cm³/mol.